The molecule has 0 amide bonds. The molecular weight excluding hydrogens is 248 g/mol. The molecule has 5 heteroatoms. The van der Waals surface area contributed by atoms with Gasteiger partial charge in [-0.2, -0.15) is 0 Å². The van der Waals surface area contributed by atoms with E-state index in [4.69, 9.17) is 5.11 Å². The summed E-state index contributed by atoms with van der Waals surface area (Å²) in [6.45, 7) is 0.796. The molecule has 0 aliphatic rings. The fourth-order valence-electron chi connectivity index (χ4n) is 1.57. The van der Waals surface area contributed by atoms with Gasteiger partial charge in [0.15, 0.2) is 0 Å². The first-order chi connectivity index (χ1) is 8.74. The molecule has 2 rings (SSSR count). The van der Waals surface area contributed by atoms with Gasteiger partial charge in [0, 0.05) is 24.0 Å². The highest BCUT2D eigenvalue weighted by Gasteiger charge is 2.05. The summed E-state index contributed by atoms with van der Waals surface area (Å²) in [6, 6.07) is 9.97. The number of hydrogen-bond donors (Lipinski definition) is 2. The summed E-state index contributed by atoms with van der Waals surface area (Å²) in [6.07, 6.45) is 0.807. The molecule has 0 aliphatic heterocycles. The molecule has 0 spiro atoms. The van der Waals surface area contributed by atoms with E-state index in [1.54, 1.807) is 0 Å². The first-order valence-corrected chi connectivity index (χ1v) is 6.56. The highest BCUT2D eigenvalue weighted by atomic mass is 32.1. The van der Waals surface area contributed by atoms with Crippen molar-refractivity contribution >= 4 is 23.0 Å². The van der Waals surface area contributed by atoms with Gasteiger partial charge in [-0.3, -0.25) is 4.79 Å². The van der Waals surface area contributed by atoms with Crippen molar-refractivity contribution in [2.45, 2.75) is 12.8 Å². The van der Waals surface area contributed by atoms with Gasteiger partial charge in [-0.25, -0.2) is 4.98 Å². The van der Waals surface area contributed by atoms with Gasteiger partial charge in [0.25, 0.3) is 0 Å². The summed E-state index contributed by atoms with van der Waals surface area (Å²) in [5.41, 5.74) is 1.72. The van der Waals surface area contributed by atoms with Crippen LogP contribution in [0.15, 0.2) is 35.7 Å². The Morgan fingerprint density at radius 1 is 1.33 bits per heavy atom. The van der Waals surface area contributed by atoms with Crippen LogP contribution >= 0.6 is 11.3 Å². The van der Waals surface area contributed by atoms with Crippen LogP contribution in [0.3, 0.4) is 0 Å². The Hall–Kier alpha value is -1.88. The molecule has 0 bridgehead atoms. The lowest BCUT2D eigenvalue weighted by Crippen LogP contribution is -2.05. The van der Waals surface area contributed by atoms with Crippen molar-refractivity contribution in [3.63, 3.8) is 0 Å². The zero-order valence-corrected chi connectivity index (χ0v) is 10.6. The second-order valence-corrected chi connectivity index (χ2v) is 4.79. The number of carboxylic acids is 1. The van der Waals surface area contributed by atoms with Crippen LogP contribution in [0.5, 0.6) is 0 Å². The topological polar surface area (TPSA) is 62.2 Å². The molecule has 1 heterocycles. The Balaban J connectivity index is 1.80. The molecule has 0 saturated heterocycles. The third-order valence-corrected chi connectivity index (χ3v) is 3.33. The highest BCUT2D eigenvalue weighted by Crippen LogP contribution is 2.12. The summed E-state index contributed by atoms with van der Waals surface area (Å²) < 4.78 is 0. The molecule has 1 aromatic heterocycles. The van der Waals surface area contributed by atoms with Crippen molar-refractivity contribution in [1.82, 2.24) is 4.98 Å². The zero-order valence-electron chi connectivity index (χ0n) is 9.80. The molecule has 0 saturated carbocycles. The molecule has 94 valence electrons. The smallest absolute Gasteiger partial charge is 0.309 e. The van der Waals surface area contributed by atoms with Crippen molar-refractivity contribution < 1.29 is 9.90 Å². The van der Waals surface area contributed by atoms with Gasteiger partial charge in [0.05, 0.1) is 17.1 Å². The number of carbonyl (C=O) groups is 1. The lowest BCUT2D eigenvalue weighted by molar-refractivity contribution is -0.136. The Morgan fingerprint density at radius 2 is 2.11 bits per heavy atom. The SMILES string of the molecule is O=C(O)Cc1csc(CCNc2ccccc2)n1. The van der Waals surface area contributed by atoms with Gasteiger partial charge in [-0.15, -0.1) is 11.3 Å². The zero-order chi connectivity index (χ0) is 12.8. The predicted molar refractivity (Wildman–Crippen MR) is 72.1 cm³/mol. The minimum absolute atomic E-state index is 0.00259. The Morgan fingerprint density at radius 3 is 2.83 bits per heavy atom. The fraction of sp³-hybridized carbons (Fsp3) is 0.231. The number of para-hydroxylation sites is 1. The molecule has 0 fully saturated rings. The number of rotatable bonds is 6. The Bertz CT molecular complexity index is 511. The third-order valence-electron chi connectivity index (χ3n) is 2.37. The Kier molecular flexibility index (Phi) is 4.30. The number of aromatic nitrogens is 1. The van der Waals surface area contributed by atoms with Gasteiger partial charge in [0.2, 0.25) is 0 Å². The minimum atomic E-state index is -0.839. The number of nitrogens with one attached hydrogen (secondary N) is 1. The highest BCUT2D eigenvalue weighted by molar-refractivity contribution is 7.09. The predicted octanol–water partition coefficient (Wildman–Crippen LogP) is 2.42. The average molecular weight is 262 g/mol. The summed E-state index contributed by atoms with van der Waals surface area (Å²) >= 11 is 1.51. The van der Waals surface area contributed by atoms with Crippen LogP contribution in [0, 0.1) is 0 Å². The number of hydrogen-bond acceptors (Lipinski definition) is 4. The van der Waals surface area contributed by atoms with E-state index < -0.39 is 5.97 Å². The normalized spacial score (nSPS) is 10.2. The van der Waals surface area contributed by atoms with E-state index in [1.165, 1.54) is 11.3 Å². The fourth-order valence-corrected chi connectivity index (χ4v) is 2.37. The summed E-state index contributed by atoms with van der Waals surface area (Å²) in [7, 11) is 0. The van der Waals surface area contributed by atoms with E-state index in [1.807, 2.05) is 35.7 Å². The van der Waals surface area contributed by atoms with E-state index in [0.717, 1.165) is 23.7 Å². The maximum Gasteiger partial charge on any atom is 0.309 e. The summed E-state index contributed by atoms with van der Waals surface area (Å²) in [5.74, 6) is -0.839. The molecule has 2 aromatic rings. The van der Waals surface area contributed by atoms with E-state index in [-0.39, 0.29) is 6.42 Å². The molecule has 18 heavy (non-hydrogen) atoms. The van der Waals surface area contributed by atoms with Gasteiger partial charge in [0.1, 0.15) is 0 Å². The van der Waals surface area contributed by atoms with Crippen LogP contribution < -0.4 is 5.32 Å². The van der Waals surface area contributed by atoms with Crippen LogP contribution in [0.4, 0.5) is 5.69 Å². The van der Waals surface area contributed by atoms with E-state index in [2.05, 4.69) is 10.3 Å². The second kappa shape index (κ2) is 6.16. The first-order valence-electron chi connectivity index (χ1n) is 5.68. The van der Waals surface area contributed by atoms with Crippen LogP contribution in [-0.2, 0) is 17.6 Å². The van der Waals surface area contributed by atoms with Gasteiger partial charge >= 0.3 is 5.97 Å². The molecule has 4 nitrogen and oxygen atoms in total. The van der Waals surface area contributed by atoms with Crippen molar-refractivity contribution in [3.8, 4) is 0 Å². The molecule has 0 unspecified atom stereocenters. The van der Waals surface area contributed by atoms with E-state index in [0.29, 0.717) is 5.69 Å². The number of anilines is 1. The number of aliphatic carboxylic acids is 1. The van der Waals surface area contributed by atoms with Crippen LogP contribution in [0.2, 0.25) is 0 Å². The number of benzene rings is 1. The van der Waals surface area contributed by atoms with E-state index >= 15 is 0 Å². The minimum Gasteiger partial charge on any atom is -0.481 e. The monoisotopic (exact) mass is 262 g/mol. The van der Waals surface area contributed by atoms with Gasteiger partial charge < -0.3 is 10.4 Å². The maximum absolute atomic E-state index is 10.5. The third kappa shape index (κ3) is 3.85. The van der Waals surface area contributed by atoms with Gasteiger partial charge in [-0.05, 0) is 12.1 Å². The summed E-state index contributed by atoms with van der Waals surface area (Å²) in [5, 5.41) is 14.7. The molecule has 0 atom stereocenters. The lowest BCUT2D eigenvalue weighted by atomic mass is 10.3. The van der Waals surface area contributed by atoms with Crippen LogP contribution in [0.25, 0.3) is 0 Å². The molecular formula is C13H14N2O2S. The number of carboxylic acid groups (broad SMARTS) is 1. The molecule has 2 N–H and O–H groups in total. The molecule has 1 aromatic carbocycles. The Labute approximate surface area is 109 Å². The quantitative estimate of drug-likeness (QED) is 0.839. The molecule has 0 radical (unpaired) electrons. The standard InChI is InChI=1S/C13H14N2O2S/c16-13(17)8-11-9-18-12(15-11)6-7-14-10-4-2-1-3-5-10/h1-5,9,14H,6-8H2,(H,16,17). The van der Waals surface area contributed by atoms with Gasteiger partial charge in [-0.1, -0.05) is 18.2 Å². The lowest BCUT2D eigenvalue weighted by Gasteiger charge is -2.03. The van der Waals surface area contributed by atoms with E-state index in [9.17, 15) is 4.79 Å². The van der Waals surface area contributed by atoms with Crippen molar-refractivity contribution in [1.29, 1.82) is 0 Å². The number of nitrogens with zero attached hydrogens (tertiary/aromatic N) is 1. The number of thiazole rings is 1. The first kappa shape index (κ1) is 12.6. The largest absolute Gasteiger partial charge is 0.481 e. The van der Waals surface area contributed by atoms with Crippen LogP contribution in [0.1, 0.15) is 10.7 Å². The molecule has 0 aliphatic carbocycles. The van der Waals surface area contributed by atoms with Crippen LogP contribution in [-0.4, -0.2) is 22.6 Å². The second-order valence-electron chi connectivity index (χ2n) is 3.85. The summed E-state index contributed by atoms with van der Waals surface area (Å²) in [4.78, 5) is 14.8. The van der Waals surface area contributed by atoms with Crippen molar-refractivity contribution in [2.75, 3.05) is 11.9 Å². The average Bonchev–Trinajstić information content (AvgIpc) is 2.77. The maximum atomic E-state index is 10.5. The van der Waals surface area contributed by atoms with Crippen molar-refractivity contribution in [3.05, 3.63) is 46.4 Å². The van der Waals surface area contributed by atoms with Crippen molar-refractivity contribution in [2.24, 2.45) is 0 Å².